The number of halogens is 2. The van der Waals surface area contributed by atoms with Crippen LogP contribution in [0.4, 0.5) is 8.78 Å². The Morgan fingerprint density at radius 2 is 1.80 bits per heavy atom. The molecule has 7 heteroatoms. The van der Waals surface area contributed by atoms with Crippen LogP contribution in [0.15, 0.2) is 0 Å². The minimum Gasteiger partial charge on any atom is -0.381 e. The molecule has 1 fully saturated rings. The minimum absolute atomic E-state index is 0.0260. The third-order valence-corrected chi connectivity index (χ3v) is 4.48. The Bertz CT molecular complexity index is 304. The quantitative estimate of drug-likeness (QED) is 0.744. The first kappa shape index (κ1) is 12.8. The average molecular weight is 243 g/mol. The molecule has 1 heterocycles. The molecule has 15 heavy (non-hydrogen) atoms. The predicted molar refractivity (Wildman–Crippen MR) is 51.1 cm³/mol. The molecule has 1 aliphatic heterocycles. The summed E-state index contributed by atoms with van der Waals surface area (Å²) in [4.78, 5) is 0. The summed E-state index contributed by atoms with van der Waals surface area (Å²) >= 11 is 0. The van der Waals surface area contributed by atoms with E-state index in [1.165, 1.54) is 7.11 Å². The topological polar surface area (TPSA) is 46.6 Å². The van der Waals surface area contributed by atoms with Gasteiger partial charge in [-0.05, 0) is 12.8 Å². The number of hydrogen-bond donors (Lipinski definition) is 0. The molecule has 90 valence electrons. The fraction of sp³-hybridized carbons (Fsp3) is 1.00. The van der Waals surface area contributed by atoms with Crippen LogP contribution < -0.4 is 0 Å². The first-order valence-electron chi connectivity index (χ1n) is 4.69. The number of rotatable bonds is 3. The lowest BCUT2D eigenvalue weighted by molar-refractivity contribution is 0.0531. The summed E-state index contributed by atoms with van der Waals surface area (Å²) in [7, 11) is -2.96. The summed E-state index contributed by atoms with van der Waals surface area (Å²) in [5.74, 6) is 0. The van der Waals surface area contributed by atoms with E-state index in [0.29, 0.717) is 19.8 Å². The van der Waals surface area contributed by atoms with Gasteiger partial charge in [-0.1, -0.05) is 0 Å². The Kier molecular flexibility index (Phi) is 3.67. The van der Waals surface area contributed by atoms with Crippen LogP contribution in [0, 0.1) is 0 Å². The van der Waals surface area contributed by atoms with Gasteiger partial charge in [0.2, 0.25) is 0 Å². The van der Waals surface area contributed by atoms with Gasteiger partial charge in [0.1, 0.15) is 0 Å². The fourth-order valence-corrected chi connectivity index (χ4v) is 2.68. The number of ether oxygens (including phenoxy) is 1. The number of nitrogens with zero attached hydrogens (tertiary/aromatic N) is 1. The lowest BCUT2D eigenvalue weighted by Gasteiger charge is -2.31. The molecule has 0 aromatic carbocycles. The van der Waals surface area contributed by atoms with Crippen molar-refractivity contribution in [2.24, 2.45) is 0 Å². The van der Waals surface area contributed by atoms with Crippen molar-refractivity contribution in [1.82, 2.24) is 4.31 Å². The van der Waals surface area contributed by atoms with E-state index in [-0.39, 0.29) is 19.2 Å². The summed E-state index contributed by atoms with van der Waals surface area (Å²) < 4.78 is 54.1. The highest BCUT2D eigenvalue weighted by molar-refractivity contribution is 7.90. The Hall–Kier alpha value is -0.270. The number of methoxy groups -OCH3 is 1. The van der Waals surface area contributed by atoms with Gasteiger partial charge in [0.25, 0.3) is 10.0 Å². The zero-order chi connectivity index (χ0) is 11.7. The lowest BCUT2D eigenvalue weighted by Crippen LogP contribution is -2.46. The van der Waals surface area contributed by atoms with Crippen LogP contribution in [-0.2, 0) is 14.8 Å². The van der Waals surface area contributed by atoms with Crippen LogP contribution in [0.1, 0.15) is 19.8 Å². The van der Waals surface area contributed by atoms with Gasteiger partial charge in [0.05, 0.1) is 6.10 Å². The predicted octanol–water partition coefficient (Wildman–Crippen LogP) is 1.04. The van der Waals surface area contributed by atoms with E-state index < -0.39 is 15.3 Å². The molecule has 0 unspecified atom stereocenters. The van der Waals surface area contributed by atoms with Crippen molar-refractivity contribution in [2.75, 3.05) is 20.2 Å². The molecule has 0 saturated carbocycles. The van der Waals surface area contributed by atoms with Crippen molar-refractivity contribution in [3.05, 3.63) is 0 Å². The van der Waals surface area contributed by atoms with Gasteiger partial charge in [-0.3, -0.25) is 0 Å². The van der Waals surface area contributed by atoms with Gasteiger partial charge in [-0.15, -0.1) is 0 Å². The maximum absolute atomic E-state index is 12.8. The van der Waals surface area contributed by atoms with Crippen molar-refractivity contribution in [3.63, 3.8) is 0 Å². The molecule has 1 saturated heterocycles. The van der Waals surface area contributed by atoms with Crippen LogP contribution >= 0.6 is 0 Å². The summed E-state index contributed by atoms with van der Waals surface area (Å²) in [6.07, 6.45) is 0.902. The molecule has 1 rings (SSSR count). The molecule has 0 aromatic rings. The monoisotopic (exact) mass is 243 g/mol. The Morgan fingerprint density at radius 1 is 1.33 bits per heavy atom. The first-order valence-corrected chi connectivity index (χ1v) is 6.13. The zero-order valence-corrected chi connectivity index (χ0v) is 9.56. The second-order valence-corrected chi connectivity index (χ2v) is 5.83. The van der Waals surface area contributed by atoms with Crippen LogP contribution in [0.3, 0.4) is 0 Å². The summed E-state index contributed by atoms with van der Waals surface area (Å²) in [5.41, 5.74) is 0. The number of piperidine rings is 1. The SMILES string of the molecule is COC1CCN(S(=O)(=O)C(C)(F)F)CC1. The highest BCUT2D eigenvalue weighted by Crippen LogP contribution is 2.27. The van der Waals surface area contributed by atoms with Gasteiger partial charge in [0.15, 0.2) is 0 Å². The second-order valence-electron chi connectivity index (χ2n) is 3.65. The third-order valence-electron chi connectivity index (χ3n) is 2.53. The molecule has 0 radical (unpaired) electrons. The molecule has 1 aliphatic rings. The summed E-state index contributed by atoms with van der Waals surface area (Å²) in [6.45, 7) is 0.610. The van der Waals surface area contributed by atoms with Crippen molar-refractivity contribution in [3.8, 4) is 0 Å². The third kappa shape index (κ3) is 2.64. The number of alkyl halides is 2. The molecule has 0 spiro atoms. The van der Waals surface area contributed by atoms with E-state index in [1.54, 1.807) is 0 Å². The molecule has 0 aliphatic carbocycles. The first-order chi connectivity index (χ1) is 6.79. The Labute approximate surface area is 88.3 Å². The van der Waals surface area contributed by atoms with Crippen molar-refractivity contribution < 1.29 is 21.9 Å². The van der Waals surface area contributed by atoms with Crippen molar-refractivity contribution >= 4 is 10.0 Å². The normalized spacial score (nSPS) is 21.9. The van der Waals surface area contributed by atoms with Crippen molar-refractivity contribution in [2.45, 2.75) is 31.1 Å². The van der Waals surface area contributed by atoms with Gasteiger partial charge < -0.3 is 4.74 Å². The Balaban J connectivity index is 2.69. The molecule has 0 atom stereocenters. The smallest absolute Gasteiger partial charge is 0.356 e. The molecule has 0 amide bonds. The molecule has 0 N–H and O–H groups in total. The van der Waals surface area contributed by atoms with Crippen LogP contribution in [0.2, 0.25) is 0 Å². The molecular weight excluding hydrogens is 228 g/mol. The average Bonchev–Trinajstić information content (AvgIpc) is 2.16. The van der Waals surface area contributed by atoms with Crippen LogP contribution in [-0.4, -0.2) is 44.3 Å². The van der Waals surface area contributed by atoms with E-state index in [0.717, 1.165) is 4.31 Å². The van der Waals surface area contributed by atoms with E-state index >= 15 is 0 Å². The second kappa shape index (κ2) is 4.31. The zero-order valence-electron chi connectivity index (χ0n) is 8.74. The van der Waals surface area contributed by atoms with E-state index in [2.05, 4.69) is 0 Å². The molecule has 0 bridgehead atoms. The molecular formula is C8H15F2NO3S. The van der Waals surface area contributed by atoms with E-state index in [4.69, 9.17) is 4.74 Å². The van der Waals surface area contributed by atoms with E-state index in [1.807, 2.05) is 0 Å². The number of sulfonamides is 1. The van der Waals surface area contributed by atoms with Gasteiger partial charge >= 0.3 is 5.25 Å². The largest absolute Gasteiger partial charge is 0.381 e. The lowest BCUT2D eigenvalue weighted by atomic mass is 10.1. The maximum Gasteiger partial charge on any atom is 0.356 e. The molecule has 4 nitrogen and oxygen atoms in total. The number of hydrogen-bond acceptors (Lipinski definition) is 3. The standard InChI is InChI=1S/C8H15F2NO3S/c1-8(9,10)15(12,13)11-5-3-7(14-2)4-6-11/h7H,3-6H2,1-2H3. The fourth-order valence-electron chi connectivity index (χ4n) is 1.53. The summed E-state index contributed by atoms with van der Waals surface area (Å²) in [6, 6.07) is 0. The Morgan fingerprint density at radius 3 is 2.13 bits per heavy atom. The van der Waals surface area contributed by atoms with E-state index in [9.17, 15) is 17.2 Å². The maximum atomic E-state index is 12.8. The van der Waals surface area contributed by atoms with Crippen LogP contribution in [0.5, 0.6) is 0 Å². The minimum atomic E-state index is -4.49. The van der Waals surface area contributed by atoms with Crippen molar-refractivity contribution in [1.29, 1.82) is 0 Å². The summed E-state index contributed by atoms with van der Waals surface area (Å²) in [5, 5.41) is -3.70. The van der Waals surface area contributed by atoms with Gasteiger partial charge in [-0.2, -0.15) is 13.1 Å². The highest BCUT2D eigenvalue weighted by atomic mass is 32.2. The van der Waals surface area contributed by atoms with Gasteiger partial charge in [-0.25, -0.2) is 8.42 Å². The van der Waals surface area contributed by atoms with Gasteiger partial charge in [0, 0.05) is 27.1 Å². The molecule has 0 aromatic heterocycles. The van der Waals surface area contributed by atoms with Crippen LogP contribution in [0.25, 0.3) is 0 Å². The highest BCUT2D eigenvalue weighted by Gasteiger charge is 2.45.